The molecular weight excluding hydrogens is 308 g/mol. The highest BCUT2D eigenvalue weighted by Crippen LogP contribution is 2.15. The molecule has 0 radical (unpaired) electrons. The van der Waals surface area contributed by atoms with Gasteiger partial charge in [-0.1, -0.05) is 12.1 Å². The topological polar surface area (TPSA) is 99.8 Å². The summed E-state index contributed by atoms with van der Waals surface area (Å²) in [5.41, 5.74) is 2.02. The van der Waals surface area contributed by atoms with Crippen LogP contribution in [0.4, 0.5) is 0 Å². The van der Waals surface area contributed by atoms with Crippen LogP contribution in [0.3, 0.4) is 0 Å². The lowest BCUT2D eigenvalue weighted by Gasteiger charge is -2.21. The van der Waals surface area contributed by atoms with Crippen LogP contribution in [0.15, 0.2) is 55.0 Å². The van der Waals surface area contributed by atoms with Gasteiger partial charge in [0, 0.05) is 18.0 Å². The molecule has 0 bridgehead atoms. The lowest BCUT2D eigenvalue weighted by molar-refractivity contribution is -0.122. The van der Waals surface area contributed by atoms with Gasteiger partial charge in [0.15, 0.2) is 0 Å². The number of nitrogens with zero attached hydrogens (tertiary/aromatic N) is 3. The Kier molecular flexibility index (Phi) is 4.83. The molecule has 24 heavy (non-hydrogen) atoms. The van der Waals surface area contributed by atoms with E-state index in [1.54, 1.807) is 41.3 Å². The van der Waals surface area contributed by atoms with Crippen LogP contribution in [0.5, 0.6) is 0 Å². The first-order valence-corrected chi connectivity index (χ1v) is 7.59. The summed E-state index contributed by atoms with van der Waals surface area (Å²) in [6, 6.07) is 9.89. The molecule has 3 aromatic rings. The number of fused-ring (bicyclic) bond motifs is 1. The molecule has 2 unspecified atom stereocenters. The molecule has 7 nitrogen and oxygen atoms in total. The van der Waals surface area contributed by atoms with Crippen LogP contribution in [0.25, 0.3) is 5.52 Å². The number of rotatable bonds is 6. The van der Waals surface area contributed by atoms with E-state index >= 15 is 0 Å². The zero-order valence-electron chi connectivity index (χ0n) is 12.9. The molecule has 3 rings (SSSR count). The number of carbonyl (C=O) groups excluding carboxylic acids is 1. The van der Waals surface area contributed by atoms with Gasteiger partial charge >= 0.3 is 0 Å². The highest BCUT2D eigenvalue weighted by molar-refractivity contribution is 5.81. The Balaban J connectivity index is 1.68. The minimum atomic E-state index is -1.08. The summed E-state index contributed by atoms with van der Waals surface area (Å²) < 4.78 is 1.69. The first-order valence-electron chi connectivity index (χ1n) is 7.59. The van der Waals surface area contributed by atoms with E-state index in [1.165, 1.54) is 0 Å². The molecule has 3 N–H and O–H groups in total. The Morgan fingerprint density at radius 1 is 1.25 bits per heavy atom. The molecule has 0 saturated carbocycles. The van der Waals surface area contributed by atoms with Crippen molar-refractivity contribution in [1.82, 2.24) is 19.9 Å². The van der Waals surface area contributed by atoms with E-state index < -0.39 is 18.8 Å². The molecule has 3 heterocycles. The van der Waals surface area contributed by atoms with Crippen LogP contribution < -0.4 is 5.32 Å². The summed E-state index contributed by atoms with van der Waals surface area (Å²) in [5.74, 6) is -0.303. The third-order valence-corrected chi connectivity index (χ3v) is 3.77. The number of carbonyl (C=O) groups is 1. The molecule has 1 amide bonds. The Labute approximate surface area is 138 Å². The van der Waals surface area contributed by atoms with Gasteiger partial charge in [0.2, 0.25) is 5.91 Å². The number of aliphatic hydroxyl groups excluding tert-OH is 2. The molecule has 0 aliphatic carbocycles. The van der Waals surface area contributed by atoms with Crippen molar-refractivity contribution in [3.05, 3.63) is 66.2 Å². The lowest BCUT2D eigenvalue weighted by Crippen LogP contribution is -2.42. The van der Waals surface area contributed by atoms with E-state index in [9.17, 15) is 15.0 Å². The van der Waals surface area contributed by atoms with E-state index in [2.05, 4.69) is 15.4 Å². The number of hydrogen-bond donors (Lipinski definition) is 3. The molecule has 124 valence electrons. The number of hydrogen-bond acceptors (Lipinski definition) is 5. The fourth-order valence-corrected chi connectivity index (χ4v) is 2.54. The molecular formula is C17H18N4O3. The van der Waals surface area contributed by atoms with Crippen molar-refractivity contribution >= 4 is 11.4 Å². The summed E-state index contributed by atoms with van der Waals surface area (Å²) in [5, 5.41) is 26.6. The maximum Gasteiger partial charge on any atom is 0.224 e. The average Bonchev–Trinajstić information content (AvgIpc) is 3.03. The van der Waals surface area contributed by atoms with Crippen molar-refractivity contribution in [3.8, 4) is 0 Å². The number of pyridine rings is 2. The smallest absolute Gasteiger partial charge is 0.224 e. The molecule has 0 aliphatic rings. The van der Waals surface area contributed by atoms with Gasteiger partial charge in [-0.2, -0.15) is 5.10 Å². The highest BCUT2D eigenvalue weighted by atomic mass is 16.3. The monoisotopic (exact) mass is 326 g/mol. The normalized spacial score (nSPS) is 13.6. The highest BCUT2D eigenvalue weighted by Gasteiger charge is 2.23. The van der Waals surface area contributed by atoms with E-state index in [0.29, 0.717) is 5.69 Å². The maximum absolute atomic E-state index is 12.3. The third-order valence-electron chi connectivity index (χ3n) is 3.77. The second kappa shape index (κ2) is 7.20. The predicted molar refractivity (Wildman–Crippen MR) is 87.1 cm³/mol. The minimum Gasteiger partial charge on any atom is -0.394 e. The van der Waals surface area contributed by atoms with E-state index in [1.807, 2.05) is 18.2 Å². The fourth-order valence-electron chi connectivity index (χ4n) is 2.54. The second-order valence-electron chi connectivity index (χ2n) is 5.43. The zero-order chi connectivity index (χ0) is 16.9. The van der Waals surface area contributed by atoms with E-state index in [-0.39, 0.29) is 12.3 Å². The molecule has 0 fully saturated rings. The van der Waals surface area contributed by atoms with Crippen molar-refractivity contribution in [1.29, 1.82) is 0 Å². The van der Waals surface area contributed by atoms with Crippen LogP contribution in [-0.4, -0.2) is 43.4 Å². The fraction of sp³-hybridized carbons (Fsp3) is 0.235. The van der Waals surface area contributed by atoms with Gasteiger partial charge in [-0.15, -0.1) is 0 Å². The summed E-state index contributed by atoms with van der Waals surface area (Å²) in [6.07, 6.45) is 4.02. The third kappa shape index (κ3) is 3.42. The summed E-state index contributed by atoms with van der Waals surface area (Å²) in [7, 11) is 0. The van der Waals surface area contributed by atoms with Crippen molar-refractivity contribution in [2.75, 3.05) is 6.61 Å². The van der Waals surface area contributed by atoms with Crippen molar-refractivity contribution in [3.63, 3.8) is 0 Å². The first kappa shape index (κ1) is 16.1. The molecule has 3 aromatic heterocycles. The summed E-state index contributed by atoms with van der Waals surface area (Å²) in [4.78, 5) is 16.3. The number of amides is 1. The quantitative estimate of drug-likeness (QED) is 0.612. The van der Waals surface area contributed by atoms with Gasteiger partial charge in [-0.05, 0) is 24.3 Å². The van der Waals surface area contributed by atoms with Gasteiger partial charge < -0.3 is 15.5 Å². The molecule has 0 spiro atoms. The van der Waals surface area contributed by atoms with Crippen molar-refractivity contribution in [2.45, 2.75) is 18.6 Å². The zero-order valence-corrected chi connectivity index (χ0v) is 12.9. The van der Waals surface area contributed by atoms with Gasteiger partial charge in [0.1, 0.15) is 6.10 Å². The largest absolute Gasteiger partial charge is 0.394 e. The Bertz CT molecular complexity index is 819. The van der Waals surface area contributed by atoms with Crippen LogP contribution in [-0.2, 0) is 11.2 Å². The predicted octanol–water partition coefficient (Wildman–Crippen LogP) is 0.483. The van der Waals surface area contributed by atoms with Crippen molar-refractivity contribution < 1.29 is 15.0 Å². The van der Waals surface area contributed by atoms with Crippen LogP contribution in [0, 0.1) is 0 Å². The van der Waals surface area contributed by atoms with Gasteiger partial charge in [-0.25, -0.2) is 4.52 Å². The van der Waals surface area contributed by atoms with Gasteiger partial charge in [-0.3, -0.25) is 9.78 Å². The second-order valence-corrected chi connectivity index (χ2v) is 5.43. The Morgan fingerprint density at radius 3 is 2.83 bits per heavy atom. The number of aromatic nitrogens is 3. The van der Waals surface area contributed by atoms with Crippen LogP contribution in [0.1, 0.15) is 17.4 Å². The Hall–Kier alpha value is -2.77. The minimum absolute atomic E-state index is 0.110. The van der Waals surface area contributed by atoms with Gasteiger partial charge in [0.25, 0.3) is 0 Å². The number of aliphatic hydroxyl groups is 2. The standard InChI is InChI=1S/C17H18N4O3/c22-11-14(17(24)13-5-1-3-7-18-13)20-16(23)9-12-10-19-21-8-4-2-6-15(12)21/h1-8,10,14,17,22,24H,9,11H2,(H,20,23). The van der Waals surface area contributed by atoms with E-state index in [4.69, 9.17) is 0 Å². The van der Waals surface area contributed by atoms with E-state index in [0.717, 1.165) is 11.1 Å². The summed E-state index contributed by atoms with van der Waals surface area (Å²) >= 11 is 0. The molecule has 0 aliphatic heterocycles. The van der Waals surface area contributed by atoms with Crippen LogP contribution >= 0.6 is 0 Å². The van der Waals surface area contributed by atoms with Crippen LogP contribution in [0.2, 0.25) is 0 Å². The lowest BCUT2D eigenvalue weighted by atomic mass is 10.1. The van der Waals surface area contributed by atoms with Crippen molar-refractivity contribution in [2.24, 2.45) is 0 Å². The summed E-state index contributed by atoms with van der Waals surface area (Å²) in [6.45, 7) is -0.391. The Morgan fingerprint density at radius 2 is 2.08 bits per heavy atom. The average molecular weight is 326 g/mol. The maximum atomic E-state index is 12.3. The molecule has 7 heteroatoms. The van der Waals surface area contributed by atoms with Gasteiger partial charge in [0.05, 0.1) is 36.5 Å². The molecule has 0 saturated heterocycles. The SMILES string of the molecule is O=C(Cc1cnn2ccccc12)NC(CO)C(O)c1ccccn1. The molecule has 2 atom stereocenters. The molecule has 0 aromatic carbocycles. The first-order chi connectivity index (χ1) is 11.7. The number of nitrogens with one attached hydrogen (secondary N) is 1.